The Labute approximate surface area is 135 Å². The first-order chi connectivity index (χ1) is 11.3. The topological polar surface area (TPSA) is 42.0 Å². The van der Waals surface area contributed by atoms with Crippen LogP contribution >= 0.6 is 0 Å². The highest BCUT2D eigenvalue weighted by molar-refractivity contribution is 5.95. The number of carbonyl (C=O) groups is 1. The highest BCUT2D eigenvalue weighted by Crippen LogP contribution is 2.29. The summed E-state index contributed by atoms with van der Waals surface area (Å²) >= 11 is 0. The predicted octanol–water partition coefficient (Wildman–Crippen LogP) is 4.04. The average Bonchev–Trinajstić information content (AvgIpc) is 2.61. The number of hydrogen-bond acceptors (Lipinski definition) is 2. The van der Waals surface area contributed by atoms with Crippen LogP contribution in [0.5, 0.6) is 0 Å². The molecule has 0 aliphatic heterocycles. The molecule has 0 saturated heterocycles. The molecule has 3 nitrogen and oxygen atoms in total. The van der Waals surface area contributed by atoms with Crippen molar-refractivity contribution >= 4 is 16.8 Å². The van der Waals surface area contributed by atoms with E-state index in [-0.39, 0.29) is 11.9 Å². The fraction of sp³-hybridized carbons (Fsp3) is 0.200. The third kappa shape index (κ3) is 2.70. The summed E-state index contributed by atoms with van der Waals surface area (Å²) in [4.78, 5) is 17.1. The number of benzene rings is 2. The summed E-state index contributed by atoms with van der Waals surface area (Å²) in [6.07, 6.45) is 3.18. The minimum Gasteiger partial charge on any atom is -0.344 e. The molecule has 1 atom stereocenters. The zero-order valence-corrected chi connectivity index (χ0v) is 12.8. The molecule has 3 heteroatoms. The van der Waals surface area contributed by atoms with Crippen LogP contribution in [0.2, 0.25) is 0 Å². The maximum Gasteiger partial charge on any atom is 0.270 e. The van der Waals surface area contributed by atoms with Gasteiger partial charge in [0.2, 0.25) is 0 Å². The second-order valence-corrected chi connectivity index (χ2v) is 6.01. The third-order valence-corrected chi connectivity index (χ3v) is 4.51. The summed E-state index contributed by atoms with van der Waals surface area (Å²) < 4.78 is 0. The Morgan fingerprint density at radius 1 is 1.00 bits per heavy atom. The lowest BCUT2D eigenvalue weighted by molar-refractivity contribution is 0.0928. The molecule has 1 aromatic heterocycles. The van der Waals surface area contributed by atoms with Crippen LogP contribution in [-0.4, -0.2) is 10.9 Å². The van der Waals surface area contributed by atoms with Crippen LogP contribution in [0.3, 0.4) is 0 Å². The largest absolute Gasteiger partial charge is 0.344 e. The fourth-order valence-corrected chi connectivity index (χ4v) is 3.33. The van der Waals surface area contributed by atoms with E-state index >= 15 is 0 Å². The summed E-state index contributed by atoms with van der Waals surface area (Å²) in [5, 5.41) is 4.20. The molecule has 2 aromatic carbocycles. The normalized spacial score (nSPS) is 16.8. The van der Waals surface area contributed by atoms with Crippen LogP contribution in [0.4, 0.5) is 0 Å². The molecule has 1 amide bonds. The first-order valence-corrected chi connectivity index (χ1v) is 8.06. The summed E-state index contributed by atoms with van der Waals surface area (Å²) in [7, 11) is 0. The average molecular weight is 302 g/mol. The number of aromatic nitrogens is 1. The van der Waals surface area contributed by atoms with E-state index in [1.54, 1.807) is 6.07 Å². The number of rotatable bonds is 2. The van der Waals surface area contributed by atoms with E-state index < -0.39 is 0 Å². The number of fused-ring (bicyclic) bond motifs is 2. The Balaban J connectivity index is 1.60. The molecular formula is C20H18N2O. The predicted molar refractivity (Wildman–Crippen MR) is 91.3 cm³/mol. The van der Waals surface area contributed by atoms with Crippen LogP contribution in [0.1, 0.15) is 40.5 Å². The fourth-order valence-electron chi connectivity index (χ4n) is 3.33. The molecule has 0 saturated carbocycles. The van der Waals surface area contributed by atoms with Crippen molar-refractivity contribution in [1.82, 2.24) is 10.3 Å². The standard InChI is InChI=1S/C20H18N2O/c23-20(19-13-12-15-7-2-4-10-17(15)21-19)22-18-11-5-8-14-6-1-3-9-16(14)18/h1-4,6-7,9-10,12-13,18H,5,8,11H2,(H,22,23)/t18-/m0/s1. The Morgan fingerprint density at radius 2 is 1.83 bits per heavy atom. The molecule has 0 fully saturated rings. The lowest BCUT2D eigenvalue weighted by Gasteiger charge is -2.26. The van der Waals surface area contributed by atoms with Gasteiger partial charge in [-0.15, -0.1) is 0 Å². The number of nitrogens with one attached hydrogen (secondary N) is 1. The molecule has 114 valence electrons. The van der Waals surface area contributed by atoms with Gasteiger partial charge in [-0.1, -0.05) is 48.5 Å². The monoisotopic (exact) mass is 302 g/mol. The van der Waals surface area contributed by atoms with Crippen molar-refractivity contribution in [2.24, 2.45) is 0 Å². The van der Waals surface area contributed by atoms with Gasteiger partial charge >= 0.3 is 0 Å². The van der Waals surface area contributed by atoms with Gasteiger partial charge in [-0.25, -0.2) is 4.98 Å². The van der Waals surface area contributed by atoms with Crippen molar-refractivity contribution in [2.45, 2.75) is 25.3 Å². The van der Waals surface area contributed by atoms with Crippen molar-refractivity contribution in [3.05, 3.63) is 77.5 Å². The van der Waals surface area contributed by atoms with Crippen LogP contribution in [0.25, 0.3) is 10.9 Å². The minimum absolute atomic E-state index is 0.0840. The number of carbonyl (C=O) groups excluding carboxylic acids is 1. The maximum atomic E-state index is 12.6. The Hall–Kier alpha value is -2.68. The van der Waals surface area contributed by atoms with E-state index in [1.807, 2.05) is 36.4 Å². The first-order valence-electron chi connectivity index (χ1n) is 8.06. The molecule has 4 rings (SSSR count). The summed E-state index contributed by atoms with van der Waals surface area (Å²) in [5.74, 6) is -0.0996. The molecular weight excluding hydrogens is 284 g/mol. The van der Waals surface area contributed by atoms with E-state index in [1.165, 1.54) is 11.1 Å². The number of aryl methyl sites for hydroxylation is 1. The highest BCUT2D eigenvalue weighted by atomic mass is 16.1. The van der Waals surface area contributed by atoms with Crippen molar-refractivity contribution in [1.29, 1.82) is 0 Å². The zero-order chi connectivity index (χ0) is 15.6. The third-order valence-electron chi connectivity index (χ3n) is 4.51. The lowest BCUT2D eigenvalue weighted by atomic mass is 9.87. The van der Waals surface area contributed by atoms with Gasteiger partial charge in [0.05, 0.1) is 11.6 Å². The highest BCUT2D eigenvalue weighted by Gasteiger charge is 2.22. The van der Waals surface area contributed by atoms with Crippen LogP contribution in [-0.2, 0) is 6.42 Å². The maximum absolute atomic E-state index is 12.6. The molecule has 3 aromatic rings. The smallest absolute Gasteiger partial charge is 0.270 e. The zero-order valence-electron chi connectivity index (χ0n) is 12.8. The quantitative estimate of drug-likeness (QED) is 0.776. The summed E-state index contributed by atoms with van der Waals surface area (Å²) in [6, 6.07) is 20.1. The molecule has 23 heavy (non-hydrogen) atoms. The van der Waals surface area contributed by atoms with Crippen molar-refractivity contribution < 1.29 is 4.79 Å². The molecule has 0 spiro atoms. The molecule has 1 aliphatic rings. The molecule has 1 N–H and O–H groups in total. The number of pyridine rings is 1. The number of nitrogens with zero attached hydrogens (tertiary/aromatic N) is 1. The van der Waals surface area contributed by atoms with Crippen LogP contribution in [0, 0.1) is 0 Å². The van der Waals surface area contributed by atoms with Gasteiger partial charge in [-0.05, 0) is 42.5 Å². The Kier molecular flexibility index (Phi) is 3.54. The van der Waals surface area contributed by atoms with E-state index in [2.05, 4.69) is 28.5 Å². The second-order valence-electron chi connectivity index (χ2n) is 6.01. The number of para-hydroxylation sites is 1. The number of hydrogen-bond donors (Lipinski definition) is 1. The minimum atomic E-state index is -0.0996. The van der Waals surface area contributed by atoms with Crippen molar-refractivity contribution in [2.75, 3.05) is 0 Å². The Morgan fingerprint density at radius 3 is 2.78 bits per heavy atom. The molecule has 1 aliphatic carbocycles. The second kappa shape index (κ2) is 5.84. The molecule has 1 heterocycles. The first kappa shape index (κ1) is 13.9. The molecule has 0 bridgehead atoms. The van der Waals surface area contributed by atoms with Gasteiger partial charge in [0.25, 0.3) is 5.91 Å². The van der Waals surface area contributed by atoms with Crippen LogP contribution < -0.4 is 5.32 Å². The van der Waals surface area contributed by atoms with Gasteiger partial charge in [-0.3, -0.25) is 4.79 Å². The van der Waals surface area contributed by atoms with E-state index in [0.717, 1.165) is 30.2 Å². The van der Waals surface area contributed by atoms with Gasteiger partial charge in [-0.2, -0.15) is 0 Å². The van der Waals surface area contributed by atoms with Crippen LogP contribution in [0.15, 0.2) is 60.7 Å². The molecule has 0 radical (unpaired) electrons. The van der Waals surface area contributed by atoms with Crippen molar-refractivity contribution in [3.8, 4) is 0 Å². The van der Waals surface area contributed by atoms with Gasteiger partial charge in [0.15, 0.2) is 0 Å². The Bertz CT molecular complexity index is 872. The van der Waals surface area contributed by atoms with Crippen molar-refractivity contribution in [3.63, 3.8) is 0 Å². The van der Waals surface area contributed by atoms with E-state index in [0.29, 0.717) is 5.69 Å². The van der Waals surface area contributed by atoms with Gasteiger partial charge < -0.3 is 5.32 Å². The van der Waals surface area contributed by atoms with Gasteiger partial charge in [0, 0.05) is 5.39 Å². The van der Waals surface area contributed by atoms with Gasteiger partial charge in [0.1, 0.15) is 5.69 Å². The summed E-state index contributed by atoms with van der Waals surface area (Å²) in [5.41, 5.74) is 3.92. The van der Waals surface area contributed by atoms with E-state index in [4.69, 9.17) is 0 Å². The lowest BCUT2D eigenvalue weighted by Crippen LogP contribution is -2.31. The molecule has 0 unspecified atom stereocenters. The van der Waals surface area contributed by atoms with E-state index in [9.17, 15) is 4.79 Å². The summed E-state index contributed by atoms with van der Waals surface area (Å²) in [6.45, 7) is 0. The SMILES string of the molecule is O=C(N[C@H]1CCCc2ccccc21)c1ccc2ccccc2n1. The number of amides is 1.